The number of hydrogen-bond donors (Lipinski definition) is 1. The summed E-state index contributed by atoms with van der Waals surface area (Å²) in [7, 11) is 1.67. The van der Waals surface area contributed by atoms with Gasteiger partial charge in [0.1, 0.15) is 11.4 Å². The molecule has 2 fully saturated rings. The van der Waals surface area contributed by atoms with Crippen molar-refractivity contribution in [1.82, 2.24) is 4.90 Å². The van der Waals surface area contributed by atoms with Gasteiger partial charge in [-0.05, 0) is 49.9 Å². The van der Waals surface area contributed by atoms with Gasteiger partial charge >= 0.3 is 0 Å². The number of piperidine rings is 2. The molecule has 19 heavy (non-hydrogen) atoms. The first-order valence-corrected chi connectivity index (χ1v) is 7.32. The van der Waals surface area contributed by atoms with Crippen LogP contribution in [0.2, 0.25) is 0 Å². The third-order valence-corrected chi connectivity index (χ3v) is 4.71. The fourth-order valence-electron chi connectivity index (χ4n) is 3.56. The van der Waals surface area contributed by atoms with Crippen molar-refractivity contribution in [2.45, 2.75) is 43.7 Å². The van der Waals surface area contributed by atoms with Crippen molar-refractivity contribution < 1.29 is 9.84 Å². The number of methoxy groups -OCH3 is 1. The molecule has 1 N–H and O–H groups in total. The minimum atomic E-state index is -0.706. The van der Waals surface area contributed by atoms with Crippen molar-refractivity contribution in [2.24, 2.45) is 0 Å². The van der Waals surface area contributed by atoms with Gasteiger partial charge in [-0.25, -0.2) is 0 Å². The summed E-state index contributed by atoms with van der Waals surface area (Å²) in [4.78, 5) is 2.48. The maximum Gasteiger partial charge on any atom is 0.119 e. The van der Waals surface area contributed by atoms with Gasteiger partial charge < -0.3 is 9.84 Å². The van der Waals surface area contributed by atoms with E-state index in [2.05, 4.69) is 4.90 Å². The number of aliphatic hydroxyl groups is 1. The van der Waals surface area contributed by atoms with Crippen LogP contribution in [0.4, 0.5) is 0 Å². The Hall–Kier alpha value is -1.06. The highest BCUT2D eigenvalue weighted by Crippen LogP contribution is 2.38. The molecular weight excluding hydrogens is 238 g/mol. The van der Waals surface area contributed by atoms with Crippen LogP contribution >= 0.6 is 0 Å². The second-order valence-electron chi connectivity index (χ2n) is 5.92. The summed E-state index contributed by atoms with van der Waals surface area (Å²) < 4.78 is 5.27. The predicted molar refractivity (Wildman–Crippen MR) is 75.3 cm³/mol. The first-order chi connectivity index (χ1) is 9.21. The minimum absolute atomic E-state index is 0.694. The Labute approximate surface area is 115 Å². The van der Waals surface area contributed by atoms with Gasteiger partial charge in [0.25, 0.3) is 0 Å². The normalized spacial score (nSPS) is 31.8. The van der Waals surface area contributed by atoms with E-state index in [-0.39, 0.29) is 0 Å². The van der Waals surface area contributed by atoms with Crippen LogP contribution < -0.4 is 4.74 Å². The molecule has 2 saturated heterocycles. The van der Waals surface area contributed by atoms with Gasteiger partial charge in [-0.1, -0.05) is 18.6 Å². The van der Waals surface area contributed by atoms with Crippen molar-refractivity contribution in [3.63, 3.8) is 0 Å². The number of rotatable bonds is 2. The monoisotopic (exact) mass is 261 g/mol. The summed E-state index contributed by atoms with van der Waals surface area (Å²) in [5.74, 6) is 0.826. The van der Waals surface area contributed by atoms with E-state index >= 15 is 0 Å². The Morgan fingerprint density at radius 2 is 2.21 bits per heavy atom. The van der Waals surface area contributed by atoms with Gasteiger partial charge in [-0.3, -0.25) is 4.90 Å². The molecule has 1 aromatic carbocycles. The van der Waals surface area contributed by atoms with Crippen LogP contribution in [0.5, 0.6) is 5.75 Å². The number of nitrogens with zero attached hydrogens (tertiary/aromatic N) is 1. The van der Waals surface area contributed by atoms with Crippen LogP contribution in [0.3, 0.4) is 0 Å². The highest BCUT2D eigenvalue weighted by atomic mass is 16.5. The SMILES string of the molecule is COc1cccc([C@]2(O)CC[C@H]3CCCCN3C2)c1. The lowest BCUT2D eigenvalue weighted by molar-refractivity contribution is -0.0662. The Balaban J connectivity index is 1.82. The molecule has 0 bridgehead atoms. The van der Waals surface area contributed by atoms with Crippen LogP contribution in [-0.2, 0) is 5.60 Å². The molecule has 0 spiro atoms. The molecule has 0 unspecified atom stereocenters. The van der Waals surface area contributed by atoms with Crippen LogP contribution in [0, 0.1) is 0 Å². The quantitative estimate of drug-likeness (QED) is 0.888. The van der Waals surface area contributed by atoms with Gasteiger partial charge in [0.15, 0.2) is 0 Å². The van der Waals surface area contributed by atoms with Crippen molar-refractivity contribution in [1.29, 1.82) is 0 Å². The summed E-state index contributed by atoms with van der Waals surface area (Å²) in [6.45, 7) is 1.90. The van der Waals surface area contributed by atoms with E-state index < -0.39 is 5.60 Å². The third kappa shape index (κ3) is 2.49. The maximum atomic E-state index is 11.0. The van der Waals surface area contributed by atoms with Crippen molar-refractivity contribution >= 4 is 0 Å². The first kappa shape index (κ1) is 12.9. The molecule has 0 saturated carbocycles. The number of hydrogen-bond acceptors (Lipinski definition) is 3. The minimum Gasteiger partial charge on any atom is -0.497 e. The van der Waals surface area contributed by atoms with E-state index in [1.165, 1.54) is 19.3 Å². The summed E-state index contributed by atoms with van der Waals surface area (Å²) in [6.07, 6.45) is 5.88. The Morgan fingerprint density at radius 1 is 1.32 bits per heavy atom. The molecule has 0 aromatic heterocycles. The second kappa shape index (κ2) is 5.14. The molecular formula is C16H23NO2. The lowest BCUT2D eigenvalue weighted by atomic mass is 9.80. The highest BCUT2D eigenvalue weighted by molar-refractivity contribution is 5.33. The molecule has 3 rings (SSSR count). The zero-order chi connectivity index (χ0) is 13.3. The van der Waals surface area contributed by atoms with E-state index in [0.717, 1.165) is 37.2 Å². The molecule has 2 atom stereocenters. The van der Waals surface area contributed by atoms with Gasteiger partial charge in [0, 0.05) is 12.6 Å². The van der Waals surface area contributed by atoms with Crippen molar-refractivity contribution in [2.75, 3.05) is 20.2 Å². The average molecular weight is 261 g/mol. The van der Waals surface area contributed by atoms with E-state index in [1.54, 1.807) is 7.11 Å². The number of benzene rings is 1. The van der Waals surface area contributed by atoms with Crippen LogP contribution in [0.25, 0.3) is 0 Å². The van der Waals surface area contributed by atoms with E-state index in [4.69, 9.17) is 4.74 Å². The summed E-state index contributed by atoms with van der Waals surface area (Å²) in [6, 6.07) is 8.59. The van der Waals surface area contributed by atoms with Gasteiger partial charge in [-0.15, -0.1) is 0 Å². The van der Waals surface area contributed by atoms with E-state index in [1.807, 2.05) is 24.3 Å². The Bertz CT molecular complexity index is 448. The highest BCUT2D eigenvalue weighted by Gasteiger charge is 2.40. The lowest BCUT2D eigenvalue weighted by Crippen LogP contribution is -2.52. The van der Waals surface area contributed by atoms with Crippen LogP contribution in [0.1, 0.15) is 37.7 Å². The average Bonchev–Trinajstić information content (AvgIpc) is 2.47. The van der Waals surface area contributed by atoms with E-state index in [9.17, 15) is 5.11 Å². The molecule has 2 aliphatic rings. The van der Waals surface area contributed by atoms with Gasteiger partial charge in [0.2, 0.25) is 0 Å². The first-order valence-electron chi connectivity index (χ1n) is 7.32. The molecule has 2 aliphatic heterocycles. The predicted octanol–water partition coefficient (Wildman–Crippen LogP) is 2.53. The standard InChI is InChI=1S/C16H23NO2/c1-19-15-7-4-5-13(11-15)16(18)9-8-14-6-2-3-10-17(14)12-16/h4-5,7,11,14,18H,2-3,6,8-10,12H2,1H3/t14-,16+/m1/s1. The lowest BCUT2D eigenvalue weighted by Gasteiger charge is -2.46. The molecule has 104 valence electrons. The topological polar surface area (TPSA) is 32.7 Å². The summed E-state index contributed by atoms with van der Waals surface area (Å²) in [5.41, 5.74) is 0.290. The Morgan fingerprint density at radius 3 is 3.05 bits per heavy atom. The van der Waals surface area contributed by atoms with Gasteiger partial charge in [-0.2, -0.15) is 0 Å². The molecule has 0 aliphatic carbocycles. The molecule has 0 amide bonds. The van der Waals surface area contributed by atoms with Crippen molar-refractivity contribution in [3.05, 3.63) is 29.8 Å². The second-order valence-corrected chi connectivity index (χ2v) is 5.92. The smallest absolute Gasteiger partial charge is 0.119 e. The molecule has 3 nitrogen and oxygen atoms in total. The fourth-order valence-corrected chi connectivity index (χ4v) is 3.56. The molecule has 2 heterocycles. The summed E-state index contributed by atoms with van der Waals surface area (Å²) >= 11 is 0. The van der Waals surface area contributed by atoms with E-state index in [0.29, 0.717) is 6.04 Å². The summed E-state index contributed by atoms with van der Waals surface area (Å²) in [5, 5.41) is 11.0. The molecule has 3 heteroatoms. The number of ether oxygens (including phenoxy) is 1. The van der Waals surface area contributed by atoms with Gasteiger partial charge in [0.05, 0.1) is 7.11 Å². The fraction of sp³-hybridized carbons (Fsp3) is 0.625. The van der Waals surface area contributed by atoms with Crippen molar-refractivity contribution in [3.8, 4) is 5.75 Å². The Kier molecular flexibility index (Phi) is 3.50. The van der Waals surface area contributed by atoms with Crippen LogP contribution in [0.15, 0.2) is 24.3 Å². The van der Waals surface area contributed by atoms with Crippen LogP contribution in [-0.4, -0.2) is 36.2 Å². The maximum absolute atomic E-state index is 11.0. The zero-order valence-electron chi connectivity index (χ0n) is 11.6. The molecule has 1 aromatic rings. The third-order valence-electron chi connectivity index (χ3n) is 4.71. The molecule has 0 radical (unpaired) electrons. The zero-order valence-corrected chi connectivity index (χ0v) is 11.6. The largest absolute Gasteiger partial charge is 0.497 e. The number of fused-ring (bicyclic) bond motifs is 1.